The van der Waals surface area contributed by atoms with Gasteiger partial charge in [-0.3, -0.25) is 4.99 Å². The van der Waals surface area contributed by atoms with Gasteiger partial charge >= 0.3 is 0 Å². The summed E-state index contributed by atoms with van der Waals surface area (Å²) in [5.74, 6) is 1.88. The average Bonchev–Trinajstić information content (AvgIpc) is 2.66. The predicted octanol–water partition coefficient (Wildman–Crippen LogP) is 3.19. The van der Waals surface area contributed by atoms with Crippen molar-refractivity contribution in [3.05, 3.63) is 29.8 Å². The normalized spacial score (nSPS) is 16.5. The summed E-state index contributed by atoms with van der Waals surface area (Å²) in [5, 5.41) is 7.00. The van der Waals surface area contributed by atoms with Crippen LogP contribution in [0.3, 0.4) is 0 Å². The number of nitrogens with zero attached hydrogens (tertiary/aromatic N) is 2. The second-order valence-electron chi connectivity index (χ2n) is 7.13. The highest BCUT2D eigenvalue weighted by atomic mass is 16.5. The molecule has 1 fully saturated rings. The number of aliphatic imine (C=N–C) groups is 1. The number of likely N-dealkylation sites (tertiary alicyclic amines) is 1. The van der Waals surface area contributed by atoms with Crippen molar-refractivity contribution >= 4 is 5.96 Å². The molecule has 26 heavy (non-hydrogen) atoms. The number of hydrogen-bond donors (Lipinski definition) is 2. The lowest BCUT2D eigenvalue weighted by molar-refractivity contribution is 0.206. The van der Waals surface area contributed by atoms with Crippen molar-refractivity contribution in [2.45, 2.75) is 52.0 Å². The van der Waals surface area contributed by atoms with Crippen LogP contribution in [-0.2, 0) is 0 Å². The van der Waals surface area contributed by atoms with E-state index in [0.717, 1.165) is 37.7 Å². The van der Waals surface area contributed by atoms with Crippen molar-refractivity contribution in [1.82, 2.24) is 15.5 Å². The first-order valence-electron chi connectivity index (χ1n) is 10.1. The van der Waals surface area contributed by atoms with Crippen LogP contribution in [0.4, 0.5) is 0 Å². The molecule has 0 aliphatic carbocycles. The molecule has 1 heterocycles. The molecular formula is C21H36N4O. The molecule has 146 valence electrons. The van der Waals surface area contributed by atoms with E-state index >= 15 is 0 Å². The third-order valence-electron chi connectivity index (χ3n) is 4.85. The highest BCUT2D eigenvalue weighted by molar-refractivity contribution is 5.79. The van der Waals surface area contributed by atoms with Gasteiger partial charge in [0.2, 0.25) is 0 Å². The maximum absolute atomic E-state index is 5.77. The Morgan fingerprint density at radius 2 is 1.92 bits per heavy atom. The minimum atomic E-state index is 0.541. The monoisotopic (exact) mass is 360 g/mol. The lowest BCUT2D eigenvalue weighted by atomic mass is 10.1. The smallest absolute Gasteiger partial charge is 0.191 e. The third kappa shape index (κ3) is 7.65. The fourth-order valence-corrected chi connectivity index (χ4v) is 3.26. The van der Waals surface area contributed by atoms with Crippen LogP contribution in [0.15, 0.2) is 29.3 Å². The number of aryl methyl sites for hydroxylation is 1. The van der Waals surface area contributed by atoms with Crippen molar-refractivity contribution < 1.29 is 4.74 Å². The first-order valence-corrected chi connectivity index (χ1v) is 10.1. The summed E-state index contributed by atoms with van der Waals surface area (Å²) < 4.78 is 5.77. The van der Waals surface area contributed by atoms with Crippen molar-refractivity contribution in [2.75, 3.05) is 39.8 Å². The van der Waals surface area contributed by atoms with Gasteiger partial charge in [-0.05, 0) is 57.7 Å². The van der Waals surface area contributed by atoms with Crippen LogP contribution in [0, 0.1) is 6.92 Å². The second-order valence-corrected chi connectivity index (χ2v) is 7.13. The van der Waals surface area contributed by atoms with Crippen LogP contribution in [0.2, 0.25) is 0 Å². The molecular weight excluding hydrogens is 324 g/mol. The summed E-state index contributed by atoms with van der Waals surface area (Å²) in [7, 11) is 1.85. The van der Waals surface area contributed by atoms with Crippen LogP contribution in [0.25, 0.3) is 0 Å². The van der Waals surface area contributed by atoms with Crippen molar-refractivity contribution in [1.29, 1.82) is 0 Å². The fourth-order valence-electron chi connectivity index (χ4n) is 3.26. The van der Waals surface area contributed by atoms with Gasteiger partial charge in [0.15, 0.2) is 5.96 Å². The van der Waals surface area contributed by atoms with Crippen LogP contribution in [-0.4, -0.2) is 56.7 Å². The number of rotatable bonds is 9. The number of ether oxygens (including phenoxy) is 1. The van der Waals surface area contributed by atoms with Gasteiger partial charge in [-0.15, -0.1) is 0 Å². The van der Waals surface area contributed by atoms with E-state index in [4.69, 9.17) is 4.74 Å². The molecule has 0 saturated carbocycles. The molecule has 1 aromatic rings. The van der Waals surface area contributed by atoms with Gasteiger partial charge in [0.05, 0.1) is 6.61 Å². The van der Waals surface area contributed by atoms with Gasteiger partial charge in [-0.2, -0.15) is 0 Å². The fraction of sp³-hybridized carbons (Fsp3) is 0.667. The van der Waals surface area contributed by atoms with E-state index in [1.165, 1.54) is 44.5 Å². The average molecular weight is 361 g/mol. The second kappa shape index (κ2) is 11.8. The maximum Gasteiger partial charge on any atom is 0.191 e. The zero-order chi connectivity index (χ0) is 18.6. The number of guanidine groups is 1. The molecule has 0 amide bonds. The summed E-state index contributed by atoms with van der Waals surface area (Å²) in [6, 6.07) is 8.77. The molecule has 5 heteroatoms. The molecule has 2 rings (SSSR count). The molecule has 0 bridgehead atoms. The van der Waals surface area contributed by atoms with Crippen LogP contribution in [0.5, 0.6) is 5.75 Å². The molecule has 0 unspecified atom stereocenters. The molecule has 0 aromatic heterocycles. The molecule has 1 aromatic carbocycles. The standard InChI is InChI=1S/C21H36N4O/c1-4-14-25-15-11-19(12-16-25)24-21(22-3)23-13-5-6-17-26-20-9-7-18(2)8-10-20/h7-10,19H,4-6,11-17H2,1-3H3,(H2,22,23,24). The summed E-state index contributed by atoms with van der Waals surface area (Å²) in [6.07, 6.45) is 5.75. The molecule has 1 aliphatic heterocycles. The lowest BCUT2D eigenvalue weighted by Crippen LogP contribution is -2.48. The number of nitrogens with one attached hydrogen (secondary N) is 2. The number of piperidine rings is 1. The van der Waals surface area contributed by atoms with E-state index in [-0.39, 0.29) is 0 Å². The predicted molar refractivity (Wildman–Crippen MR) is 110 cm³/mol. The molecule has 1 aliphatic rings. The Bertz CT molecular complexity index is 521. The Morgan fingerprint density at radius 3 is 2.58 bits per heavy atom. The van der Waals surface area contributed by atoms with Crippen LogP contribution < -0.4 is 15.4 Å². The van der Waals surface area contributed by atoms with E-state index in [1.54, 1.807) is 0 Å². The topological polar surface area (TPSA) is 48.9 Å². The summed E-state index contributed by atoms with van der Waals surface area (Å²) in [4.78, 5) is 6.92. The summed E-state index contributed by atoms with van der Waals surface area (Å²) in [5.41, 5.74) is 1.26. The zero-order valence-corrected chi connectivity index (χ0v) is 16.8. The Kier molecular flexibility index (Phi) is 9.32. The van der Waals surface area contributed by atoms with E-state index in [0.29, 0.717) is 6.04 Å². The van der Waals surface area contributed by atoms with Crippen molar-refractivity contribution in [2.24, 2.45) is 4.99 Å². The van der Waals surface area contributed by atoms with Gasteiger partial charge in [0.1, 0.15) is 5.75 Å². The number of unbranched alkanes of at least 4 members (excludes halogenated alkanes) is 1. The largest absolute Gasteiger partial charge is 0.494 e. The van der Waals surface area contributed by atoms with Gasteiger partial charge in [-0.25, -0.2) is 0 Å². The first-order chi connectivity index (χ1) is 12.7. The van der Waals surface area contributed by atoms with Crippen molar-refractivity contribution in [3.8, 4) is 5.75 Å². The molecule has 0 radical (unpaired) electrons. The Balaban J connectivity index is 1.54. The van der Waals surface area contributed by atoms with E-state index in [9.17, 15) is 0 Å². The van der Waals surface area contributed by atoms with E-state index < -0.39 is 0 Å². The quantitative estimate of drug-likeness (QED) is 0.403. The summed E-state index contributed by atoms with van der Waals surface area (Å²) in [6.45, 7) is 9.63. The van der Waals surface area contributed by atoms with Gasteiger partial charge < -0.3 is 20.3 Å². The highest BCUT2D eigenvalue weighted by Gasteiger charge is 2.19. The number of hydrogen-bond acceptors (Lipinski definition) is 3. The molecule has 5 nitrogen and oxygen atoms in total. The van der Waals surface area contributed by atoms with Crippen LogP contribution in [0.1, 0.15) is 44.6 Å². The van der Waals surface area contributed by atoms with Crippen LogP contribution >= 0.6 is 0 Å². The molecule has 0 atom stereocenters. The Morgan fingerprint density at radius 1 is 1.19 bits per heavy atom. The lowest BCUT2D eigenvalue weighted by Gasteiger charge is -2.32. The Hall–Kier alpha value is -1.75. The number of benzene rings is 1. The van der Waals surface area contributed by atoms with Gasteiger partial charge in [-0.1, -0.05) is 24.6 Å². The first kappa shape index (κ1) is 20.6. The van der Waals surface area contributed by atoms with Crippen molar-refractivity contribution in [3.63, 3.8) is 0 Å². The minimum absolute atomic E-state index is 0.541. The molecule has 0 spiro atoms. The minimum Gasteiger partial charge on any atom is -0.494 e. The van der Waals surface area contributed by atoms with Gasteiger partial charge in [0, 0.05) is 32.7 Å². The summed E-state index contributed by atoms with van der Waals surface area (Å²) >= 11 is 0. The highest BCUT2D eigenvalue weighted by Crippen LogP contribution is 2.12. The molecule has 1 saturated heterocycles. The van der Waals surface area contributed by atoms with Gasteiger partial charge in [0.25, 0.3) is 0 Å². The zero-order valence-electron chi connectivity index (χ0n) is 16.8. The Labute approximate surface area is 159 Å². The maximum atomic E-state index is 5.77. The van der Waals surface area contributed by atoms with E-state index in [2.05, 4.69) is 46.5 Å². The van der Waals surface area contributed by atoms with E-state index in [1.807, 2.05) is 19.2 Å². The molecule has 2 N–H and O–H groups in total. The third-order valence-corrected chi connectivity index (χ3v) is 4.85. The SMILES string of the molecule is CCCN1CCC(NC(=NC)NCCCCOc2ccc(C)cc2)CC1.